The summed E-state index contributed by atoms with van der Waals surface area (Å²) in [6, 6.07) is -1.65. The third-order valence-corrected chi connectivity index (χ3v) is 4.32. The number of anilines is 1. The molecule has 3 heterocycles. The fourth-order valence-electron chi connectivity index (χ4n) is 3.03. The summed E-state index contributed by atoms with van der Waals surface area (Å²) in [4.78, 5) is 33.2. The number of hydrogen-bond donors (Lipinski definition) is 5. The number of nitrogen functional groups attached to an aromatic ring is 1. The first-order valence-corrected chi connectivity index (χ1v) is 7.56. The second-order valence-corrected chi connectivity index (χ2v) is 6.07. The van der Waals surface area contributed by atoms with Gasteiger partial charge in [-0.2, -0.15) is 18.2 Å². The molecule has 0 saturated carbocycles. The van der Waals surface area contributed by atoms with Gasteiger partial charge >= 0.3 is 12.1 Å². The van der Waals surface area contributed by atoms with Gasteiger partial charge in [0.2, 0.25) is 5.95 Å². The number of ether oxygens (including phenoxy) is 1. The summed E-state index contributed by atoms with van der Waals surface area (Å²) in [5, 5.41) is 21.3. The van der Waals surface area contributed by atoms with Gasteiger partial charge in [0.05, 0.1) is 12.9 Å². The number of nitrogens with two attached hydrogens (primary N) is 1. The molecule has 1 aliphatic heterocycles. The number of nitrogens with one attached hydrogen (secondary N) is 2. The maximum atomic E-state index is 12.7. The molecule has 0 aliphatic carbocycles. The highest BCUT2D eigenvalue weighted by Crippen LogP contribution is 2.37. The van der Waals surface area contributed by atoms with Crippen LogP contribution in [0.3, 0.4) is 0 Å². The van der Waals surface area contributed by atoms with Crippen molar-refractivity contribution in [1.82, 2.24) is 24.8 Å². The summed E-state index contributed by atoms with van der Waals surface area (Å²) >= 11 is 0. The Kier molecular flexibility index (Phi) is 4.36. The molecule has 0 spiro atoms. The van der Waals surface area contributed by atoms with Crippen molar-refractivity contribution in [1.29, 1.82) is 0 Å². The highest BCUT2D eigenvalue weighted by molar-refractivity contribution is 5.82. The lowest BCUT2D eigenvalue weighted by Crippen LogP contribution is -2.56. The molecule has 1 amide bonds. The van der Waals surface area contributed by atoms with Crippen LogP contribution in [0.4, 0.5) is 19.1 Å². The molecule has 27 heavy (non-hydrogen) atoms. The van der Waals surface area contributed by atoms with Crippen LogP contribution in [0, 0.1) is 0 Å². The van der Waals surface area contributed by atoms with E-state index in [0.29, 0.717) is 0 Å². The number of rotatable bonds is 3. The van der Waals surface area contributed by atoms with E-state index in [-0.39, 0.29) is 17.1 Å². The number of fused-ring (bicyclic) bond motifs is 1. The van der Waals surface area contributed by atoms with Crippen LogP contribution in [-0.4, -0.2) is 66.7 Å². The maximum Gasteiger partial charge on any atom is 0.471 e. The van der Waals surface area contributed by atoms with E-state index in [1.807, 2.05) is 0 Å². The number of aliphatic hydroxyl groups excluding tert-OH is 2. The van der Waals surface area contributed by atoms with Crippen molar-refractivity contribution in [3.05, 3.63) is 16.7 Å². The second kappa shape index (κ2) is 6.17. The number of halogens is 3. The minimum atomic E-state index is -5.21. The lowest BCUT2D eigenvalue weighted by atomic mass is 10.0. The first-order valence-electron chi connectivity index (χ1n) is 7.56. The van der Waals surface area contributed by atoms with Crippen LogP contribution in [0.5, 0.6) is 0 Å². The molecule has 0 aromatic carbocycles. The number of aromatic nitrogens is 4. The largest absolute Gasteiger partial charge is 0.471 e. The van der Waals surface area contributed by atoms with E-state index in [1.165, 1.54) is 6.92 Å². The molecule has 6 N–H and O–H groups in total. The van der Waals surface area contributed by atoms with E-state index in [4.69, 9.17) is 10.5 Å². The van der Waals surface area contributed by atoms with Gasteiger partial charge in [-0.15, -0.1) is 0 Å². The van der Waals surface area contributed by atoms with Crippen LogP contribution in [0.15, 0.2) is 11.1 Å². The molecule has 1 saturated heterocycles. The van der Waals surface area contributed by atoms with Gasteiger partial charge in [-0.1, -0.05) is 0 Å². The molecule has 0 radical (unpaired) electrons. The van der Waals surface area contributed by atoms with Gasteiger partial charge < -0.3 is 26.0 Å². The third-order valence-electron chi connectivity index (χ3n) is 4.32. The second-order valence-electron chi connectivity index (χ2n) is 6.07. The normalized spacial score (nSPS) is 28.6. The summed E-state index contributed by atoms with van der Waals surface area (Å²) < 4.78 is 44.6. The van der Waals surface area contributed by atoms with E-state index >= 15 is 0 Å². The zero-order valence-electron chi connectivity index (χ0n) is 13.7. The predicted octanol–water partition coefficient (Wildman–Crippen LogP) is -1.83. The van der Waals surface area contributed by atoms with E-state index in [0.717, 1.165) is 10.9 Å². The van der Waals surface area contributed by atoms with Gasteiger partial charge in [0.1, 0.15) is 18.2 Å². The minimum Gasteiger partial charge on any atom is -0.394 e. The Hall–Kier alpha value is -2.71. The first kappa shape index (κ1) is 19.1. The number of carbonyl (C=O) groups is 1. The standard InChI is InChI=1S/C13H15F3N6O5/c1-12(22-3-18-5-8(22)20-11(17)21-9(5)25)7(6(24)4(2-23)27-12)19-10(26)13(14,15)16/h3-4,6-7,23-24H,2H2,1H3,(H,19,26)(H3,17,20,21,25)/t4-,6-,7-,12-/m1/s1. The Morgan fingerprint density at radius 2 is 2.22 bits per heavy atom. The van der Waals surface area contributed by atoms with Crippen molar-refractivity contribution in [3.63, 3.8) is 0 Å². The smallest absolute Gasteiger partial charge is 0.394 e. The molecule has 2 aromatic rings. The Bertz CT molecular complexity index is 943. The quantitative estimate of drug-likeness (QED) is 0.406. The zero-order valence-corrected chi connectivity index (χ0v) is 13.7. The van der Waals surface area contributed by atoms with Crippen LogP contribution >= 0.6 is 0 Å². The molecule has 2 aromatic heterocycles. The summed E-state index contributed by atoms with van der Waals surface area (Å²) in [6.45, 7) is 0.505. The fraction of sp³-hybridized carbons (Fsp3) is 0.538. The molecule has 11 nitrogen and oxygen atoms in total. The SMILES string of the molecule is C[C@@]1(n2cnc3c(=O)[nH]c(N)nc32)O[C@H](CO)[C@@H](O)[C@H]1NC(=O)C(F)(F)F. The molecular formula is C13H15F3N6O5. The van der Waals surface area contributed by atoms with Crippen molar-refractivity contribution in [2.24, 2.45) is 0 Å². The third kappa shape index (κ3) is 3.00. The molecule has 4 atom stereocenters. The number of aliphatic hydroxyl groups is 2. The van der Waals surface area contributed by atoms with Crippen molar-refractivity contribution >= 4 is 23.0 Å². The summed E-state index contributed by atoms with van der Waals surface area (Å²) in [6.07, 6.45) is -7.17. The first-order chi connectivity index (χ1) is 12.5. The number of hydrogen-bond acceptors (Lipinski definition) is 8. The topological polar surface area (TPSA) is 168 Å². The minimum absolute atomic E-state index is 0.143. The van der Waals surface area contributed by atoms with E-state index in [9.17, 15) is 33.0 Å². The van der Waals surface area contributed by atoms with Crippen molar-refractivity contribution < 1.29 is 32.9 Å². The van der Waals surface area contributed by atoms with Gasteiger partial charge in [-0.3, -0.25) is 19.1 Å². The van der Waals surface area contributed by atoms with Crippen molar-refractivity contribution in [3.8, 4) is 0 Å². The average molecular weight is 392 g/mol. The van der Waals surface area contributed by atoms with E-state index in [2.05, 4.69) is 15.0 Å². The number of alkyl halides is 3. The number of nitrogens with zero attached hydrogens (tertiary/aromatic N) is 3. The van der Waals surface area contributed by atoms with E-state index in [1.54, 1.807) is 5.32 Å². The zero-order chi connectivity index (χ0) is 20.1. The molecule has 148 valence electrons. The lowest BCUT2D eigenvalue weighted by molar-refractivity contribution is -0.177. The fourth-order valence-corrected chi connectivity index (χ4v) is 3.03. The molecule has 14 heteroatoms. The molecule has 3 rings (SSSR count). The van der Waals surface area contributed by atoms with Gasteiger partial charge in [-0.25, -0.2) is 4.98 Å². The van der Waals surface area contributed by atoms with Crippen LogP contribution < -0.4 is 16.6 Å². The Morgan fingerprint density at radius 3 is 2.81 bits per heavy atom. The molecule has 1 aliphatic rings. The summed E-state index contributed by atoms with van der Waals surface area (Å²) in [7, 11) is 0. The number of carbonyl (C=O) groups excluding carboxylic acids is 1. The van der Waals surface area contributed by atoms with Crippen LogP contribution in [0.25, 0.3) is 11.2 Å². The van der Waals surface area contributed by atoms with E-state index < -0.39 is 48.2 Å². The van der Waals surface area contributed by atoms with Crippen LogP contribution in [0.2, 0.25) is 0 Å². The number of imidazole rings is 1. The summed E-state index contributed by atoms with van der Waals surface area (Å²) in [5.41, 5.74) is 2.60. The Labute approximate surface area is 148 Å². The van der Waals surface area contributed by atoms with Crippen LogP contribution in [0.1, 0.15) is 6.92 Å². The number of H-pyrrole nitrogens is 1. The summed E-state index contributed by atoms with van der Waals surface area (Å²) in [5.74, 6) is -2.60. The molecule has 0 bridgehead atoms. The average Bonchev–Trinajstić information content (AvgIpc) is 3.09. The lowest BCUT2D eigenvalue weighted by Gasteiger charge is -2.33. The molecule has 0 unspecified atom stereocenters. The van der Waals surface area contributed by atoms with Gasteiger partial charge in [0.25, 0.3) is 5.56 Å². The molecular weight excluding hydrogens is 377 g/mol. The Morgan fingerprint density at radius 1 is 1.56 bits per heavy atom. The Balaban J connectivity index is 2.13. The number of aromatic amines is 1. The van der Waals surface area contributed by atoms with Gasteiger partial charge in [-0.05, 0) is 6.92 Å². The monoisotopic (exact) mass is 392 g/mol. The molecule has 1 fully saturated rings. The van der Waals surface area contributed by atoms with Crippen LogP contribution in [-0.2, 0) is 15.3 Å². The van der Waals surface area contributed by atoms with Gasteiger partial charge in [0.15, 0.2) is 16.9 Å². The highest BCUT2D eigenvalue weighted by atomic mass is 19.4. The van der Waals surface area contributed by atoms with Crippen molar-refractivity contribution in [2.75, 3.05) is 12.3 Å². The number of amides is 1. The van der Waals surface area contributed by atoms with Crippen molar-refractivity contribution in [2.45, 2.75) is 37.1 Å². The maximum absolute atomic E-state index is 12.7. The van der Waals surface area contributed by atoms with Gasteiger partial charge in [0, 0.05) is 0 Å². The highest BCUT2D eigenvalue weighted by Gasteiger charge is 2.56. The predicted molar refractivity (Wildman–Crippen MR) is 82.2 cm³/mol.